The molecule has 7 nitrogen and oxygen atoms in total. The third-order valence-electron chi connectivity index (χ3n) is 3.05. The number of para-hydroxylation sites is 2. The molecular weight excluding hydrogens is 308 g/mol. The maximum Gasteiger partial charge on any atom is 0.412 e. The fourth-order valence-corrected chi connectivity index (χ4v) is 2.12. The number of carbonyl (C=O) groups is 2. The lowest BCUT2D eigenvalue weighted by atomic mass is 10.2. The Morgan fingerprint density at radius 2 is 1.71 bits per heavy atom. The second-order valence-corrected chi connectivity index (χ2v) is 6.42. The Morgan fingerprint density at radius 3 is 2.21 bits per heavy atom. The Hall–Kier alpha value is -2.83. The zero-order chi connectivity index (χ0) is 17.9. The van der Waals surface area contributed by atoms with Crippen LogP contribution >= 0.6 is 0 Å². The number of hydrogen-bond donors (Lipinski definition) is 2. The molecule has 1 aromatic carbocycles. The van der Waals surface area contributed by atoms with Crippen LogP contribution in [-0.2, 0) is 11.8 Å². The van der Waals surface area contributed by atoms with Crippen LogP contribution in [0.2, 0.25) is 0 Å². The summed E-state index contributed by atoms with van der Waals surface area (Å²) in [6.07, 6.45) is -0.583. The SMILES string of the molecule is Cc1cc(C(=O)Nc2ccccc2NC(=O)OC(C)(C)C)n(C)n1. The average molecular weight is 330 g/mol. The first-order chi connectivity index (χ1) is 11.2. The molecule has 0 saturated heterocycles. The highest BCUT2D eigenvalue weighted by molar-refractivity contribution is 6.06. The lowest BCUT2D eigenvalue weighted by molar-refractivity contribution is 0.0635. The van der Waals surface area contributed by atoms with Gasteiger partial charge in [0.05, 0.1) is 17.1 Å². The number of anilines is 2. The summed E-state index contributed by atoms with van der Waals surface area (Å²) in [5.74, 6) is -0.309. The molecule has 128 valence electrons. The summed E-state index contributed by atoms with van der Waals surface area (Å²) in [7, 11) is 1.70. The minimum absolute atomic E-state index is 0.309. The number of aromatic nitrogens is 2. The van der Waals surface area contributed by atoms with Crippen LogP contribution in [0, 0.1) is 6.92 Å². The van der Waals surface area contributed by atoms with Gasteiger partial charge in [-0.3, -0.25) is 14.8 Å². The highest BCUT2D eigenvalue weighted by atomic mass is 16.6. The third-order valence-corrected chi connectivity index (χ3v) is 3.05. The highest BCUT2D eigenvalue weighted by Gasteiger charge is 2.18. The van der Waals surface area contributed by atoms with Gasteiger partial charge in [-0.1, -0.05) is 12.1 Å². The van der Waals surface area contributed by atoms with Crippen LogP contribution < -0.4 is 10.6 Å². The summed E-state index contributed by atoms with van der Waals surface area (Å²) < 4.78 is 6.74. The van der Waals surface area contributed by atoms with Crippen molar-refractivity contribution in [3.8, 4) is 0 Å². The summed E-state index contributed by atoms with van der Waals surface area (Å²) in [6, 6.07) is 8.61. The van der Waals surface area contributed by atoms with Crippen molar-refractivity contribution in [2.24, 2.45) is 7.05 Å². The average Bonchev–Trinajstić information content (AvgIpc) is 2.78. The maximum absolute atomic E-state index is 12.4. The van der Waals surface area contributed by atoms with Crippen molar-refractivity contribution >= 4 is 23.4 Å². The van der Waals surface area contributed by atoms with E-state index in [1.165, 1.54) is 4.68 Å². The molecule has 0 aliphatic rings. The fourth-order valence-electron chi connectivity index (χ4n) is 2.12. The summed E-state index contributed by atoms with van der Waals surface area (Å²) in [6.45, 7) is 7.16. The van der Waals surface area contributed by atoms with Gasteiger partial charge in [0.15, 0.2) is 0 Å². The summed E-state index contributed by atoms with van der Waals surface area (Å²) in [5.41, 5.74) is 1.52. The zero-order valence-electron chi connectivity index (χ0n) is 14.5. The monoisotopic (exact) mass is 330 g/mol. The Bertz CT molecular complexity index is 759. The predicted octanol–water partition coefficient (Wildman–Crippen LogP) is 3.33. The van der Waals surface area contributed by atoms with Crippen molar-refractivity contribution in [3.05, 3.63) is 41.7 Å². The molecule has 0 radical (unpaired) electrons. The second-order valence-electron chi connectivity index (χ2n) is 6.42. The van der Waals surface area contributed by atoms with Crippen molar-refractivity contribution in [2.45, 2.75) is 33.3 Å². The van der Waals surface area contributed by atoms with Crippen molar-refractivity contribution in [1.29, 1.82) is 0 Å². The molecule has 2 rings (SSSR count). The van der Waals surface area contributed by atoms with Crippen molar-refractivity contribution in [3.63, 3.8) is 0 Å². The van der Waals surface area contributed by atoms with Gasteiger partial charge in [0, 0.05) is 7.05 Å². The van der Waals surface area contributed by atoms with E-state index in [-0.39, 0.29) is 5.91 Å². The molecule has 0 atom stereocenters. The zero-order valence-corrected chi connectivity index (χ0v) is 14.5. The molecule has 0 bridgehead atoms. The summed E-state index contributed by atoms with van der Waals surface area (Å²) in [5, 5.41) is 9.58. The molecule has 1 heterocycles. The molecule has 0 spiro atoms. The number of carbonyl (C=O) groups excluding carboxylic acids is 2. The van der Waals surface area contributed by atoms with E-state index in [1.54, 1.807) is 58.2 Å². The molecule has 0 unspecified atom stereocenters. The number of benzene rings is 1. The third kappa shape index (κ3) is 4.58. The smallest absolute Gasteiger partial charge is 0.412 e. The molecule has 2 N–H and O–H groups in total. The number of aryl methyl sites for hydroxylation is 2. The number of nitrogens with zero attached hydrogens (tertiary/aromatic N) is 2. The first-order valence-corrected chi connectivity index (χ1v) is 7.57. The van der Waals surface area contributed by atoms with Crippen LogP contribution in [0.3, 0.4) is 0 Å². The molecular formula is C17H22N4O3. The van der Waals surface area contributed by atoms with E-state index in [4.69, 9.17) is 4.74 Å². The maximum atomic E-state index is 12.4. The van der Waals surface area contributed by atoms with E-state index in [0.29, 0.717) is 17.1 Å². The first kappa shape index (κ1) is 17.5. The van der Waals surface area contributed by atoms with Crippen LogP contribution in [0.25, 0.3) is 0 Å². The molecule has 24 heavy (non-hydrogen) atoms. The van der Waals surface area contributed by atoms with Gasteiger partial charge in [-0.05, 0) is 45.9 Å². The second kappa shape index (κ2) is 6.74. The van der Waals surface area contributed by atoms with Crippen LogP contribution in [-0.4, -0.2) is 27.4 Å². The highest BCUT2D eigenvalue weighted by Crippen LogP contribution is 2.22. The minimum Gasteiger partial charge on any atom is -0.444 e. The molecule has 2 amide bonds. The largest absolute Gasteiger partial charge is 0.444 e. The fraction of sp³-hybridized carbons (Fsp3) is 0.353. The lowest BCUT2D eigenvalue weighted by Crippen LogP contribution is -2.27. The standard InChI is InChI=1S/C17H22N4O3/c1-11-10-14(21(5)20-11)15(22)18-12-8-6-7-9-13(12)19-16(23)24-17(2,3)4/h6-10H,1-5H3,(H,18,22)(H,19,23). The molecule has 0 aliphatic heterocycles. The lowest BCUT2D eigenvalue weighted by Gasteiger charge is -2.20. The van der Waals surface area contributed by atoms with Crippen LogP contribution in [0.15, 0.2) is 30.3 Å². The summed E-state index contributed by atoms with van der Waals surface area (Å²) >= 11 is 0. The summed E-state index contributed by atoms with van der Waals surface area (Å²) in [4.78, 5) is 24.3. The number of hydrogen-bond acceptors (Lipinski definition) is 4. The normalized spacial score (nSPS) is 11.0. The van der Waals surface area contributed by atoms with Gasteiger partial charge in [0.2, 0.25) is 0 Å². The Morgan fingerprint density at radius 1 is 1.12 bits per heavy atom. The minimum atomic E-state index is -0.603. The van der Waals surface area contributed by atoms with Crippen LogP contribution in [0.4, 0.5) is 16.2 Å². The number of ether oxygens (including phenoxy) is 1. The Labute approximate surface area is 141 Å². The molecule has 0 aliphatic carbocycles. The number of rotatable bonds is 3. The molecule has 1 aromatic heterocycles. The Balaban J connectivity index is 2.15. The van der Waals surface area contributed by atoms with Gasteiger partial charge in [-0.25, -0.2) is 4.79 Å². The molecule has 7 heteroatoms. The van der Waals surface area contributed by atoms with Gasteiger partial charge in [-0.2, -0.15) is 5.10 Å². The van der Waals surface area contributed by atoms with E-state index in [9.17, 15) is 9.59 Å². The first-order valence-electron chi connectivity index (χ1n) is 7.57. The van der Waals surface area contributed by atoms with Crippen LogP contribution in [0.5, 0.6) is 0 Å². The Kier molecular flexibility index (Phi) is 4.92. The van der Waals surface area contributed by atoms with Crippen molar-refractivity contribution in [2.75, 3.05) is 10.6 Å². The molecule has 0 fully saturated rings. The van der Waals surface area contributed by atoms with Crippen LogP contribution in [0.1, 0.15) is 37.0 Å². The van der Waals surface area contributed by atoms with E-state index in [2.05, 4.69) is 15.7 Å². The van der Waals surface area contributed by atoms with Gasteiger partial charge in [0.1, 0.15) is 11.3 Å². The van der Waals surface area contributed by atoms with Gasteiger partial charge < -0.3 is 10.1 Å². The van der Waals surface area contributed by atoms with E-state index >= 15 is 0 Å². The quantitative estimate of drug-likeness (QED) is 0.904. The van der Waals surface area contributed by atoms with Gasteiger partial charge >= 0.3 is 6.09 Å². The number of nitrogens with one attached hydrogen (secondary N) is 2. The molecule has 2 aromatic rings. The van der Waals surface area contributed by atoms with Gasteiger partial charge in [0.25, 0.3) is 5.91 Å². The number of amides is 2. The van der Waals surface area contributed by atoms with E-state index in [0.717, 1.165) is 5.69 Å². The van der Waals surface area contributed by atoms with E-state index in [1.807, 2.05) is 6.92 Å². The van der Waals surface area contributed by atoms with Crippen molar-refractivity contribution in [1.82, 2.24) is 9.78 Å². The topological polar surface area (TPSA) is 85.3 Å². The van der Waals surface area contributed by atoms with Crippen molar-refractivity contribution < 1.29 is 14.3 Å². The van der Waals surface area contributed by atoms with Gasteiger partial charge in [-0.15, -0.1) is 0 Å². The molecule has 0 saturated carbocycles. The predicted molar refractivity (Wildman–Crippen MR) is 92.2 cm³/mol. The van der Waals surface area contributed by atoms with E-state index < -0.39 is 11.7 Å².